The van der Waals surface area contributed by atoms with Gasteiger partial charge in [-0.1, -0.05) is 32.0 Å². The molecule has 106 valence electrons. The van der Waals surface area contributed by atoms with E-state index in [9.17, 15) is 4.39 Å². The molecule has 0 atom stereocenters. The van der Waals surface area contributed by atoms with Crippen LogP contribution in [0.25, 0.3) is 0 Å². The highest BCUT2D eigenvalue weighted by atomic mass is 19.1. The molecule has 2 rings (SSSR count). The number of nitrogens with zero attached hydrogens (tertiary/aromatic N) is 2. The minimum absolute atomic E-state index is 0.216. The zero-order valence-corrected chi connectivity index (χ0v) is 11.7. The molecule has 1 aromatic carbocycles. The van der Waals surface area contributed by atoms with E-state index in [0.29, 0.717) is 29.8 Å². The van der Waals surface area contributed by atoms with E-state index in [1.54, 1.807) is 24.4 Å². The molecule has 0 aliphatic heterocycles. The number of hydrogen-bond donors (Lipinski definition) is 2. The van der Waals surface area contributed by atoms with Crippen LogP contribution in [0.4, 0.5) is 16.2 Å². The first-order valence-electron chi connectivity index (χ1n) is 6.69. The summed E-state index contributed by atoms with van der Waals surface area (Å²) in [5.41, 5.74) is 0.614. The molecule has 0 aliphatic carbocycles. The molecule has 1 aromatic heterocycles. The van der Waals surface area contributed by atoms with Crippen LogP contribution in [-0.4, -0.2) is 16.5 Å². The number of rotatable bonds is 6. The maximum absolute atomic E-state index is 13.5. The lowest BCUT2D eigenvalue weighted by atomic mass is 10.2. The zero-order chi connectivity index (χ0) is 14.4. The summed E-state index contributed by atoms with van der Waals surface area (Å²) in [7, 11) is 0. The van der Waals surface area contributed by atoms with Gasteiger partial charge in [0.25, 0.3) is 0 Å². The van der Waals surface area contributed by atoms with Crippen LogP contribution < -0.4 is 10.6 Å². The number of anilines is 2. The van der Waals surface area contributed by atoms with Gasteiger partial charge in [0, 0.05) is 24.8 Å². The van der Waals surface area contributed by atoms with Gasteiger partial charge in [-0.2, -0.15) is 4.98 Å². The Morgan fingerprint density at radius 2 is 1.95 bits per heavy atom. The Morgan fingerprint density at radius 3 is 2.70 bits per heavy atom. The lowest BCUT2D eigenvalue weighted by Gasteiger charge is -2.10. The molecule has 0 fully saturated rings. The van der Waals surface area contributed by atoms with Crippen molar-refractivity contribution in [2.45, 2.75) is 20.4 Å². The average molecular weight is 274 g/mol. The third-order valence-corrected chi connectivity index (χ3v) is 2.74. The van der Waals surface area contributed by atoms with Gasteiger partial charge in [-0.05, 0) is 18.1 Å². The quantitative estimate of drug-likeness (QED) is 0.848. The molecule has 2 aromatic rings. The first-order valence-corrected chi connectivity index (χ1v) is 6.69. The Morgan fingerprint density at radius 1 is 1.15 bits per heavy atom. The van der Waals surface area contributed by atoms with Crippen molar-refractivity contribution in [1.29, 1.82) is 0 Å². The van der Waals surface area contributed by atoms with Gasteiger partial charge in [0.1, 0.15) is 11.6 Å². The van der Waals surface area contributed by atoms with E-state index >= 15 is 0 Å². The number of nitrogens with one attached hydrogen (secondary N) is 2. The Labute approximate surface area is 118 Å². The van der Waals surface area contributed by atoms with Crippen LogP contribution in [-0.2, 0) is 6.54 Å². The van der Waals surface area contributed by atoms with Crippen molar-refractivity contribution in [3.63, 3.8) is 0 Å². The summed E-state index contributed by atoms with van der Waals surface area (Å²) in [5.74, 6) is 1.56. The molecule has 0 radical (unpaired) electrons. The molecule has 0 saturated carbocycles. The Balaban J connectivity index is 1.96. The fraction of sp³-hybridized carbons (Fsp3) is 0.333. The van der Waals surface area contributed by atoms with Gasteiger partial charge in [-0.15, -0.1) is 0 Å². The highest BCUT2D eigenvalue weighted by Gasteiger charge is 2.03. The molecular formula is C15H19FN4. The molecule has 1 heterocycles. The fourth-order valence-corrected chi connectivity index (χ4v) is 1.67. The van der Waals surface area contributed by atoms with Crippen LogP contribution in [0.15, 0.2) is 36.5 Å². The Bertz CT molecular complexity index is 557. The molecule has 0 spiro atoms. The van der Waals surface area contributed by atoms with Crippen molar-refractivity contribution in [2.75, 3.05) is 17.2 Å². The lowest BCUT2D eigenvalue weighted by Crippen LogP contribution is -2.11. The van der Waals surface area contributed by atoms with Gasteiger partial charge in [0.2, 0.25) is 5.95 Å². The minimum Gasteiger partial charge on any atom is -0.366 e. The van der Waals surface area contributed by atoms with E-state index in [0.717, 1.165) is 6.54 Å². The van der Waals surface area contributed by atoms with Gasteiger partial charge >= 0.3 is 0 Å². The Hall–Kier alpha value is -2.17. The van der Waals surface area contributed by atoms with Gasteiger partial charge < -0.3 is 10.6 Å². The molecular weight excluding hydrogens is 255 g/mol. The lowest BCUT2D eigenvalue weighted by molar-refractivity contribution is 0.613. The number of aromatic nitrogens is 2. The van der Waals surface area contributed by atoms with Crippen LogP contribution in [0.2, 0.25) is 0 Å². The summed E-state index contributed by atoms with van der Waals surface area (Å²) in [6.07, 6.45) is 1.68. The van der Waals surface area contributed by atoms with E-state index in [4.69, 9.17) is 0 Å². The molecule has 2 N–H and O–H groups in total. The average Bonchev–Trinajstić information content (AvgIpc) is 2.45. The van der Waals surface area contributed by atoms with E-state index in [-0.39, 0.29) is 5.82 Å². The standard InChI is InChI=1S/C15H19FN4/c1-11(2)9-19-15-17-8-7-14(20-15)18-10-12-5-3-4-6-13(12)16/h3-8,11H,9-10H2,1-2H3,(H2,17,18,19,20). The first-order chi connectivity index (χ1) is 9.65. The second-order valence-electron chi connectivity index (χ2n) is 4.99. The molecule has 20 heavy (non-hydrogen) atoms. The predicted molar refractivity (Wildman–Crippen MR) is 79.1 cm³/mol. The summed E-state index contributed by atoms with van der Waals surface area (Å²) in [6, 6.07) is 8.46. The van der Waals surface area contributed by atoms with Crippen LogP contribution >= 0.6 is 0 Å². The Kier molecular flexibility index (Phi) is 4.87. The second-order valence-corrected chi connectivity index (χ2v) is 4.99. The third-order valence-electron chi connectivity index (χ3n) is 2.74. The molecule has 5 heteroatoms. The maximum atomic E-state index is 13.5. The normalized spacial score (nSPS) is 10.6. The summed E-state index contributed by atoms with van der Waals surface area (Å²) in [6.45, 7) is 5.45. The SMILES string of the molecule is CC(C)CNc1nccc(NCc2ccccc2F)n1. The van der Waals surface area contributed by atoms with Crippen LogP contribution in [0, 0.1) is 11.7 Å². The molecule has 0 saturated heterocycles. The topological polar surface area (TPSA) is 49.8 Å². The molecule has 0 unspecified atom stereocenters. The van der Waals surface area contributed by atoms with E-state index in [2.05, 4.69) is 34.4 Å². The molecule has 0 aliphatic rings. The molecule has 0 amide bonds. The zero-order valence-electron chi connectivity index (χ0n) is 11.7. The summed E-state index contributed by atoms with van der Waals surface area (Å²) >= 11 is 0. The third kappa shape index (κ3) is 4.19. The molecule has 4 nitrogen and oxygen atoms in total. The highest BCUT2D eigenvalue weighted by molar-refractivity contribution is 5.40. The van der Waals surface area contributed by atoms with Crippen molar-refractivity contribution >= 4 is 11.8 Å². The van der Waals surface area contributed by atoms with Gasteiger partial charge in [0.05, 0.1) is 0 Å². The smallest absolute Gasteiger partial charge is 0.224 e. The summed E-state index contributed by atoms with van der Waals surface area (Å²) in [4.78, 5) is 8.48. The number of benzene rings is 1. The monoisotopic (exact) mass is 274 g/mol. The number of halogens is 1. The van der Waals surface area contributed by atoms with Crippen molar-refractivity contribution in [3.05, 3.63) is 47.9 Å². The fourth-order valence-electron chi connectivity index (χ4n) is 1.67. The van der Waals surface area contributed by atoms with E-state index < -0.39 is 0 Å². The summed E-state index contributed by atoms with van der Waals surface area (Å²) in [5, 5.41) is 6.26. The second kappa shape index (κ2) is 6.84. The predicted octanol–water partition coefficient (Wildman–Crippen LogP) is 3.30. The largest absolute Gasteiger partial charge is 0.366 e. The van der Waals surface area contributed by atoms with Crippen molar-refractivity contribution in [2.24, 2.45) is 5.92 Å². The van der Waals surface area contributed by atoms with Gasteiger partial charge in [-0.3, -0.25) is 0 Å². The summed E-state index contributed by atoms with van der Waals surface area (Å²) < 4.78 is 13.5. The van der Waals surface area contributed by atoms with E-state index in [1.165, 1.54) is 6.07 Å². The van der Waals surface area contributed by atoms with Crippen LogP contribution in [0.1, 0.15) is 19.4 Å². The van der Waals surface area contributed by atoms with E-state index in [1.807, 2.05) is 6.07 Å². The van der Waals surface area contributed by atoms with Crippen molar-refractivity contribution in [3.8, 4) is 0 Å². The number of hydrogen-bond acceptors (Lipinski definition) is 4. The first kappa shape index (κ1) is 14.2. The van der Waals surface area contributed by atoms with Crippen LogP contribution in [0.5, 0.6) is 0 Å². The highest BCUT2D eigenvalue weighted by Crippen LogP contribution is 2.11. The van der Waals surface area contributed by atoms with Crippen LogP contribution in [0.3, 0.4) is 0 Å². The van der Waals surface area contributed by atoms with Gasteiger partial charge in [-0.25, -0.2) is 9.37 Å². The van der Waals surface area contributed by atoms with Gasteiger partial charge in [0.15, 0.2) is 0 Å². The minimum atomic E-state index is -0.216. The van der Waals surface area contributed by atoms with Crippen molar-refractivity contribution in [1.82, 2.24) is 9.97 Å². The maximum Gasteiger partial charge on any atom is 0.224 e. The molecule has 0 bridgehead atoms. The van der Waals surface area contributed by atoms with Crippen molar-refractivity contribution < 1.29 is 4.39 Å².